The Morgan fingerprint density at radius 3 is 2.70 bits per heavy atom. The minimum Gasteiger partial charge on any atom is -0.366 e. The summed E-state index contributed by atoms with van der Waals surface area (Å²) in [6.07, 6.45) is 4.77. The van der Waals surface area contributed by atoms with Crippen molar-refractivity contribution in [3.8, 4) is 0 Å². The number of nitrogens with one attached hydrogen (secondary N) is 1. The molecule has 6 heteroatoms. The molecule has 4 rings (SSSR count). The smallest absolute Gasteiger partial charge is 0.222 e. The maximum absolute atomic E-state index is 12.5. The van der Waals surface area contributed by atoms with Gasteiger partial charge < -0.3 is 19.9 Å². The van der Waals surface area contributed by atoms with Crippen LogP contribution in [0.25, 0.3) is 0 Å². The summed E-state index contributed by atoms with van der Waals surface area (Å²) in [6.45, 7) is 3.30. The lowest BCUT2D eigenvalue weighted by Crippen LogP contribution is -2.50. The van der Waals surface area contributed by atoms with Crippen LogP contribution in [-0.2, 0) is 21.6 Å². The van der Waals surface area contributed by atoms with Crippen LogP contribution < -0.4 is 10.2 Å². The molecule has 2 aliphatic heterocycles. The van der Waals surface area contributed by atoms with E-state index in [0.29, 0.717) is 13.0 Å². The van der Waals surface area contributed by atoms with Gasteiger partial charge in [-0.15, -0.1) is 0 Å². The summed E-state index contributed by atoms with van der Waals surface area (Å²) in [6, 6.07) is 14.6. The van der Waals surface area contributed by atoms with Crippen LogP contribution in [-0.4, -0.2) is 62.2 Å². The summed E-state index contributed by atoms with van der Waals surface area (Å²) in [4.78, 5) is 21.4. The fourth-order valence-corrected chi connectivity index (χ4v) is 4.65. The quantitative estimate of drug-likeness (QED) is 0.796. The molecule has 0 bridgehead atoms. The lowest BCUT2D eigenvalue weighted by molar-refractivity contribution is -0.141. The van der Waals surface area contributed by atoms with Gasteiger partial charge in [0.05, 0.1) is 18.1 Å². The molecule has 0 saturated carbocycles. The first-order chi connectivity index (χ1) is 14.6. The van der Waals surface area contributed by atoms with E-state index in [1.54, 1.807) is 0 Å². The molecule has 1 amide bonds. The van der Waals surface area contributed by atoms with Crippen LogP contribution in [0, 0.1) is 0 Å². The zero-order chi connectivity index (χ0) is 21.0. The average Bonchev–Trinajstić information content (AvgIpc) is 2.75. The van der Waals surface area contributed by atoms with Gasteiger partial charge in [-0.3, -0.25) is 4.79 Å². The SMILES string of the molecule is CN(C)CCNC(=O)CC1Cc2ccccc2C2(CCN(c3ccccn3)CC2)O1. The van der Waals surface area contributed by atoms with Gasteiger partial charge in [0.1, 0.15) is 5.82 Å². The number of anilines is 1. The maximum atomic E-state index is 12.5. The number of likely N-dealkylation sites (N-methyl/N-ethyl adjacent to an activating group) is 1. The van der Waals surface area contributed by atoms with Gasteiger partial charge in [-0.1, -0.05) is 30.3 Å². The topological polar surface area (TPSA) is 57.7 Å². The second-order valence-electron chi connectivity index (χ2n) is 8.63. The monoisotopic (exact) mass is 408 g/mol. The number of pyridine rings is 1. The van der Waals surface area contributed by atoms with E-state index in [9.17, 15) is 4.79 Å². The van der Waals surface area contributed by atoms with Gasteiger partial charge in [-0.05, 0) is 56.6 Å². The van der Waals surface area contributed by atoms with Gasteiger partial charge >= 0.3 is 0 Å². The first kappa shape index (κ1) is 20.8. The second-order valence-corrected chi connectivity index (χ2v) is 8.63. The molecule has 1 aromatic carbocycles. The third-order valence-electron chi connectivity index (χ3n) is 6.19. The van der Waals surface area contributed by atoms with Crippen molar-refractivity contribution in [2.24, 2.45) is 0 Å². The van der Waals surface area contributed by atoms with Crippen molar-refractivity contribution >= 4 is 11.7 Å². The van der Waals surface area contributed by atoms with E-state index in [1.807, 2.05) is 32.4 Å². The summed E-state index contributed by atoms with van der Waals surface area (Å²) in [5, 5.41) is 3.03. The Morgan fingerprint density at radius 2 is 1.97 bits per heavy atom. The Morgan fingerprint density at radius 1 is 1.20 bits per heavy atom. The standard InChI is InChI=1S/C24H32N4O2/c1-27(2)16-13-26-23(29)18-20-17-19-7-3-4-8-21(19)24(30-20)10-14-28(15-11-24)22-9-5-6-12-25-22/h3-9,12,20H,10-11,13-18H2,1-2H3,(H,26,29). The molecule has 2 aromatic rings. The van der Waals surface area contributed by atoms with E-state index in [1.165, 1.54) is 11.1 Å². The Hall–Kier alpha value is -2.44. The lowest BCUT2D eigenvalue weighted by Gasteiger charge is -2.47. The minimum atomic E-state index is -0.311. The van der Waals surface area contributed by atoms with E-state index in [4.69, 9.17) is 4.74 Å². The Kier molecular flexibility index (Phi) is 6.35. The highest BCUT2D eigenvalue weighted by molar-refractivity contribution is 5.76. The molecule has 160 valence electrons. The summed E-state index contributed by atoms with van der Waals surface area (Å²) < 4.78 is 6.71. The molecule has 1 fully saturated rings. The third kappa shape index (κ3) is 4.65. The van der Waals surface area contributed by atoms with Gasteiger partial charge in [-0.25, -0.2) is 4.98 Å². The first-order valence-electron chi connectivity index (χ1n) is 10.9. The predicted molar refractivity (Wildman–Crippen MR) is 119 cm³/mol. The summed E-state index contributed by atoms with van der Waals surface area (Å²) in [7, 11) is 4.02. The van der Waals surface area contributed by atoms with Crippen molar-refractivity contribution in [3.63, 3.8) is 0 Å². The highest BCUT2D eigenvalue weighted by atomic mass is 16.5. The lowest BCUT2D eigenvalue weighted by atomic mass is 9.78. The van der Waals surface area contributed by atoms with Crippen molar-refractivity contribution in [1.29, 1.82) is 0 Å². The first-order valence-corrected chi connectivity index (χ1v) is 10.9. The number of carbonyl (C=O) groups is 1. The molecular weight excluding hydrogens is 376 g/mol. The number of carbonyl (C=O) groups excluding carboxylic acids is 1. The van der Waals surface area contributed by atoms with Gasteiger partial charge in [-0.2, -0.15) is 0 Å². The molecule has 6 nitrogen and oxygen atoms in total. The number of rotatable bonds is 6. The number of aromatic nitrogens is 1. The molecule has 1 spiro atoms. The van der Waals surface area contributed by atoms with Crippen molar-refractivity contribution in [2.75, 3.05) is 45.2 Å². The van der Waals surface area contributed by atoms with E-state index >= 15 is 0 Å². The number of amides is 1. The van der Waals surface area contributed by atoms with Gasteiger partial charge in [0, 0.05) is 32.4 Å². The van der Waals surface area contributed by atoms with E-state index < -0.39 is 0 Å². The molecule has 0 aliphatic carbocycles. The molecule has 1 atom stereocenters. The number of nitrogens with zero attached hydrogens (tertiary/aromatic N) is 3. The van der Waals surface area contributed by atoms with Crippen molar-refractivity contribution in [2.45, 2.75) is 37.4 Å². The summed E-state index contributed by atoms with van der Waals surface area (Å²) in [5.41, 5.74) is 2.31. The van der Waals surface area contributed by atoms with Crippen molar-refractivity contribution in [1.82, 2.24) is 15.2 Å². The number of benzene rings is 1. The summed E-state index contributed by atoms with van der Waals surface area (Å²) in [5.74, 6) is 1.09. The molecular formula is C24H32N4O2. The van der Waals surface area contributed by atoms with Crippen LogP contribution >= 0.6 is 0 Å². The number of piperidine rings is 1. The maximum Gasteiger partial charge on any atom is 0.222 e. The van der Waals surface area contributed by atoms with E-state index in [-0.39, 0.29) is 17.6 Å². The zero-order valence-corrected chi connectivity index (χ0v) is 18.0. The highest BCUT2D eigenvalue weighted by Gasteiger charge is 2.44. The highest BCUT2D eigenvalue weighted by Crippen LogP contribution is 2.44. The van der Waals surface area contributed by atoms with Crippen molar-refractivity contribution < 1.29 is 9.53 Å². The van der Waals surface area contributed by atoms with Crippen LogP contribution in [0.4, 0.5) is 5.82 Å². The summed E-state index contributed by atoms with van der Waals surface area (Å²) >= 11 is 0. The minimum absolute atomic E-state index is 0.0716. The van der Waals surface area contributed by atoms with Crippen LogP contribution in [0.5, 0.6) is 0 Å². The largest absolute Gasteiger partial charge is 0.366 e. The molecule has 3 heterocycles. The number of ether oxygens (including phenoxy) is 1. The van der Waals surface area contributed by atoms with Crippen molar-refractivity contribution in [3.05, 3.63) is 59.8 Å². The fourth-order valence-electron chi connectivity index (χ4n) is 4.65. The van der Waals surface area contributed by atoms with Crippen LogP contribution in [0.1, 0.15) is 30.4 Å². The Balaban J connectivity index is 1.45. The van der Waals surface area contributed by atoms with E-state index in [0.717, 1.165) is 44.7 Å². The fraction of sp³-hybridized carbons (Fsp3) is 0.500. The Labute approximate surface area is 179 Å². The molecule has 1 N–H and O–H groups in total. The number of hydrogen-bond acceptors (Lipinski definition) is 5. The van der Waals surface area contributed by atoms with Crippen LogP contribution in [0.15, 0.2) is 48.7 Å². The van der Waals surface area contributed by atoms with Gasteiger partial charge in [0.2, 0.25) is 5.91 Å². The molecule has 2 aliphatic rings. The predicted octanol–water partition coefficient (Wildman–Crippen LogP) is 2.59. The normalized spacial score (nSPS) is 20.2. The molecule has 30 heavy (non-hydrogen) atoms. The number of fused-ring (bicyclic) bond motifs is 2. The van der Waals surface area contributed by atoms with E-state index in [2.05, 4.69) is 50.4 Å². The van der Waals surface area contributed by atoms with Crippen LogP contribution in [0.3, 0.4) is 0 Å². The average molecular weight is 409 g/mol. The molecule has 0 radical (unpaired) electrons. The number of hydrogen-bond donors (Lipinski definition) is 1. The molecule has 1 saturated heterocycles. The van der Waals surface area contributed by atoms with Gasteiger partial charge in [0.25, 0.3) is 0 Å². The molecule has 1 aromatic heterocycles. The molecule has 1 unspecified atom stereocenters. The van der Waals surface area contributed by atoms with Crippen LogP contribution in [0.2, 0.25) is 0 Å². The van der Waals surface area contributed by atoms with Gasteiger partial charge in [0.15, 0.2) is 0 Å². The third-order valence-corrected chi connectivity index (χ3v) is 6.19. The second kappa shape index (κ2) is 9.14. The zero-order valence-electron chi connectivity index (χ0n) is 18.0. The Bertz CT molecular complexity index is 847.